The molecule has 21 heavy (non-hydrogen) atoms. The standard InChI is InChI=1S/C19H22O2/c1-12-10-13(2)17(18(20)21)11-16(12)14-6-8-15(9-7-14)19(3,4)5/h6-11H,1-5H3,(H,20,21). The third-order valence-electron chi connectivity index (χ3n) is 3.86. The van der Waals surface area contributed by atoms with E-state index in [2.05, 4.69) is 45.0 Å². The molecule has 0 bridgehead atoms. The van der Waals surface area contributed by atoms with Crippen molar-refractivity contribution < 1.29 is 9.90 Å². The summed E-state index contributed by atoms with van der Waals surface area (Å²) >= 11 is 0. The SMILES string of the molecule is Cc1cc(C)c(-c2ccc(C(C)(C)C)cc2)cc1C(=O)O. The number of carbonyl (C=O) groups is 1. The second-order valence-corrected chi connectivity index (χ2v) is 6.61. The minimum atomic E-state index is -0.875. The Morgan fingerprint density at radius 3 is 2.00 bits per heavy atom. The Morgan fingerprint density at radius 1 is 0.952 bits per heavy atom. The molecule has 110 valence electrons. The normalized spacial score (nSPS) is 11.5. The van der Waals surface area contributed by atoms with Crippen LogP contribution < -0.4 is 0 Å². The van der Waals surface area contributed by atoms with E-state index in [9.17, 15) is 9.90 Å². The number of aromatic carboxylic acids is 1. The largest absolute Gasteiger partial charge is 0.478 e. The van der Waals surface area contributed by atoms with Crippen molar-refractivity contribution in [2.24, 2.45) is 0 Å². The minimum absolute atomic E-state index is 0.118. The summed E-state index contributed by atoms with van der Waals surface area (Å²) in [5, 5.41) is 9.28. The molecule has 0 aliphatic rings. The highest BCUT2D eigenvalue weighted by molar-refractivity contribution is 5.91. The van der Waals surface area contributed by atoms with E-state index in [0.717, 1.165) is 22.3 Å². The Kier molecular flexibility index (Phi) is 3.91. The number of benzene rings is 2. The molecule has 0 unspecified atom stereocenters. The van der Waals surface area contributed by atoms with E-state index in [1.807, 2.05) is 19.9 Å². The zero-order chi connectivity index (χ0) is 15.8. The van der Waals surface area contributed by atoms with Gasteiger partial charge in [-0.2, -0.15) is 0 Å². The van der Waals surface area contributed by atoms with Gasteiger partial charge >= 0.3 is 5.97 Å². The van der Waals surface area contributed by atoms with E-state index >= 15 is 0 Å². The molecular weight excluding hydrogens is 260 g/mol. The lowest BCUT2D eigenvalue weighted by molar-refractivity contribution is 0.0696. The predicted octanol–water partition coefficient (Wildman–Crippen LogP) is 4.97. The summed E-state index contributed by atoms with van der Waals surface area (Å²) in [6.45, 7) is 10.4. The van der Waals surface area contributed by atoms with Crippen molar-refractivity contribution in [2.45, 2.75) is 40.0 Å². The molecule has 0 radical (unpaired) electrons. The monoisotopic (exact) mass is 282 g/mol. The molecule has 2 aromatic carbocycles. The zero-order valence-corrected chi connectivity index (χ0v) is 13.3. The third kappa shape index (κ3) is 3.15. The predicted molar refractivity (Wildman–Crippen MR) is 87.0 cm³/mol. The fraction of sp³-hybridized carbons (Fsp3) is 0.316. The second kappa shape index (κ2) is 5.36. The smallest absolute Gasteiger partial charge is 0.335 e. The third-order valence-corrected chi connectivity index (χ3v) is 3.86. The van der Waals surface area contributed by atoms with Crippen molar-refractivity contribution in [3.63, 3.8) is 0 Å². The van der Waals surface area contributed by atoms with Gasteiger partial charge in [0.15, 0.2) is 0 Å². The molecule has 0 aliphatic heterocycles. The van der Waals surface area contributed by atoms with Crippen LogP contribution in [0.25, 0.3) is 11.1 Å². The van der Waals surface area contributed by atoms with Crippen molar-refractivity contribution in [1.82, 2.24) is 0 Å². The van der Waals surface area contributed by atoms with Gasteiger partial charge < -0.3 is 5.11 Å². The number of aryl methyl sites for hydroxylation is 2. The summed E-state index contributed by atoms with van der Waals surface area (Å²) in [5.74, 6) is -0.875. The lowest BCUT2D eigenvalue weighted by atomic mass is 9.85. The van der Waals surface area contributed by atoms with Crippen LogP contribution in [0.2, 0.25) is 0 Å². The van der Waals surface area contributed by atoms with Crippen molar-refractivity contribution in [1.29, 1.82) is 0 Å². The summed E-state index contributed by atoms with van der Waals surface area (Å²) in [5.41, 5.74) is 5.70. The molecule has 2 rings (SSSR count). The summed E-state index contributed by atoms with van der Waals surface area (Å²) in [7, 11) is 0. The molecule has 0 aromatic heterocycles. The molecule has 2 nitrogen and oxygen atoms in total. The average Bonchev–Trinajstić information content (AvgIpc) is 2.37. The molecule has 0 spiro atoms. The van der Waals surface area contributed by atoms with Crippen LogP contribution in [0.5, 0.6) is 0 Å². The lowest BCUT2D eigenvalue weighted by Crippen LogP contribution is -2.10. The molecule has 1 N–H and O–H groups in total. The Morgan fingerprint density at radius 2 is 1.52 bits per heavy atom. The number of carboxylic acid groups (broad SMARTS) is 1. The first-order valence-corrected chi connectivity index (χ1v) is 7.15. The number of hydrogen-bond acceptors (Lipinski definition) is 1. The molecule has 2 aromatic rings. The van der Waals surface area contributed by atoms with Crippen molar-refractivity contribution in [3.05, 3.63) is 58.7 Å². The Hall–Kier alpha value is -2.09. The van der Waals surface area contributed by atoms with Crippen LogP contribution in [0, 0.1) is 13.8 Å². The number of rotatable bonds is 2. The van der Waals surface area contributed by atoms with Crippen LogP contribution in [0.15, 0.2) is 36.4 Å². The van der Waals surface area contributed by atoms with Crippen LogP contribution in [0.3, 0.4) is 0 Å². The van der Waals surface area contributed by atoms with Gasteiger partial charge in [-0.05, 0) is 53.1 Å². The Bertz CT molecular complexity index is 674. The topological polar surface area (TPSA) is 37.3 Å². The Balaban J connectivity index is 2.52. The van der Waals surface area contributed by atoms with Gasteiger partial charge in [0, 0.05) is 0 Å². The summed E-state index contributed by atoms with van der Waals surface area (Å²) in [6.07, 6.45) is 0. The highest BCUT2D eigenvalue weighted by atomic mass is 16.4. The van der Waals surface area contributed by atoms with Crippen LogP contribution in [-0.2, 0) is 5.41 Å². The van der Waals surface area contributed by atoms with Gasteiger partial charge in [0.1, 0.15) is 0 Å². The van der Waals surface area contributed by atoms with Gasteiger partial charge in [0.05, 0.1) is 5.56 Å². The van der Waals surface area contributed by atoms with Crippen LogP contribution in [-0.4, -0.2) is 11.1 Å². The van der Waals surface area contributed by atoms with E-state index < -0.39 is 5.97 Å². The van der Waals surface area contributed by atoms with Crippen molar-refractivity contribution in [3.8, 4) is 11.1 Å². The van der Waals surface area contributed by atoms with Gasteiger partial charge in [-0.1, -0.05) is 51.1 Å². The van der Waals surface area contributed by atoms with Gasteiger partial charge in [0.2, 0.25) is 0 Å². The maximum atomic E-state index is 11.3. The molecule has 0 atom stereocenters. The highest BCUT2D eigenvalue weighted by Gasteiger charge is 2.15. The summed E-state index contributed by atoms with van der Waals surface area (Å²) < 4.78 is 0. The van der Waals surface area contributed by atoms with Crippen molar-refractivity contribution in [2.75, 3.05) is 0 Å². The Labute approximate surface area is 126 Å². The van der Waals surface area contributed by atoms with Gasteiger partial charge in [0.25, 0.3) is 0 Å². The maximum absolute atomic E-state index is 11.3. The van der Waals surface area contributed by atoms with E-state index in [4.69, 9.17) is 0 Å². The molecule has 0 heterocycles. The first kappa shape index (κ1) is 15.3. The van der Waals surface area contributed by atoms with Crippen LogP contribution in [0.1, 0.15) is 47.8 Å². The average molecular weight is 282 g/mol. The van der Waals surface area contributed by atoms with Crippen molar-refractivity contribution >= 4 is 5.97 Å². The van der Waals surface area contributed by atoms with Crippen LogP contribution in [0.4, 0.5) is 0 Å². The fourth-order valence-electron chi connectivity index (χ4n) is 2.54. The van der Waals surface area contributed by atoms with Crippen LogP contribution >= 0.6 is 0 Å². The first-order valence-electron chi connectivity index (χ1n) is 7.15. The zero-order valence-electron chi connectivity index (χ0n) is 13.3. The highest BCUT2D eigenvalue weighted by Crippen LogP contribution is 2.29. The van der Waals surface area contributed by atoms with Gasteiger partial charge in [-0.3, -0.25) is 0 Å². The molecule has 0 amide bonds. The molecule has 2 heteroatoms. The molecule has 0 saturated carbocycles. The fourth-order valence-corrected chi connectivity index (χ4v) is 2.54. The molecule has 0 aliphatic carbocycles. The van der Waals surface area contributed by atoms with E-state index in [0.29, 0.717) is 5.56 Å². The summed E-state index contributed by atoms with van der Waals surface area (Å²) in [4.78, 5) is 11.3. The first-order chi connectivity index (χ1) is 9.70. The van der Waals surface area contributed by atoms with E-state index in [-0.39, 0.29) is 5.41 Å². The number of hydrogen-bond donors (Lipinski definition) is 1. The molecular formula is C19H22O2. The molecule has 0 saturated heterocycles. The van der Waals surface area contributed by atoms with E-state index in [1.54, 1.807) is 6.07 Å². The summed E-state index contributed by atoms with van der Waals surface area (Å²) in [6, 6.07) is 12.1. The second-order valence-electron chi connectivity index (χ2n) is 6.61. The lowest BCUT2D eigenvalue weighted by Gasteiger charge is -2.19. The molecule has 0 fully saturated rings. The van der Waals surface area contributed by atoms with Gasteiger partial charge in [-0.15, -0.1) is 0 Å². The van der Waals surface area contributed by atoms with Gasteiger partial charge in [-0.25, -0.2) is 4.79 Å². The van der Waals surface area contributed by atoms with E-state index in [1.165, 1.54) is 5.56 Å². The minimum Gasteiger partial charge on any atom is -0.478 e. The quantitative estimate of drug-likeness (QED) is 0.844. The number of carboxylic acids is 1. The maximum Gasteiger partial charge on any atom is 0.335 e.